The number of carboxylic acid groups (broad SMARTS) is 1. The molecule has 0 spiro atoms. The number of phenolic OH excluding ortho intramolecular Hbond substituents is 1. The van der Waals surface area contributed by atoms with E-state index in [0.717, 1.165) is 21.9 Å². The first-order valence-corrected chi connectivity index (χ1v) is 17.1. The van der Waals surface area contributed by atoms with Gasteiger partial charge in [0, 0.05) is 28.6 Å². The number of ether oxygens (including phenoxy) is 1. The highest BCUT2D eigenvalue weighted by molar-refractivity contribution is 6.32. The molecular formula is C40H31ClN2O9. The summed E-state index contributed by atoms with van der Waals surface area (Å²) in [7, 11) is 1.46. The molecule has 11 nitrogen and oxygen atoms in total. The van der Waals surface area contributed by atoms with Gasteiger partial charge in [-0.25, -0.2) is 14.6 Å². The van der Waals surface area contributed by atoms with Gasteiger partial charge in [-0.1, -0.05) is 65.7 Å². The van der Waals surface area contributed by atoms with Gasteiger partial charge in [0.25, 0.3) is 0 Å². The summed E-state index contributed by atoms with van der Waals surface area (Å²) in [4.78, 5) is 72.3. The molecule has 262 valence electrons. The number of aromatic carboxylic acids is 1. The predicted molar refractivity (Wildman–Crippen MR) is 188 cm³/mol. The highest BCUT2D eigenvalue weighted by atomic mass is 35.5. The Morgan fingerprint density at radius 2 is 1.56 bits per heavy atom. The Balaban J connectivity index is 1.33. The number of hydrogen-bond acceptors (Lipinski definition) is 8. The van der Waals surface area contributed by atoms with Crippen LogP contribution in [0.1, 0.15) is 40.2 Å². The van der Waals surface area contributed by atoms with Gasteiger partial charge in [-0.3, -0.25) is 19.2 Å². The number of halogens is 1. The third-order valence-corrected chi connectivity index (χ3v) is 11.4. The first-order valence-electron chi connectivity index (χ1n) is 16.7. The molecule has 3 N–H and O–H groups in total. The number of carbonyl (C=O) groups is 5. The number of anilines is 2. The van der Waals surface area contributed by atoms with E-state index in [9.17, 15) is 34.5 Å². The van der Waals surface area contributed by atoms with Gasteiger partial charge >= 0.3 is 5.97 Å². The standard InChI is InChI=1S/C40H31ClN2O9/c1-52-24-11-13-26(32(45)18-24)34-25-14-15-28-33(37(48)42(35(28)46)23-10-12-27(38(49)50)31(44)17-23)29(25)19-30-36(47)43(22-9-5-8-21(41)16-22)39(51)40(30,34)20-6-3-2-4-7-20/h2-14,16-18,28-30,33-34,44-45H,15,19H2,1H3,(H,49,50)/t28-,29+,30-,33-,34+,40+/m0/s1. The molecule has 12 heteroatoms. The van der Waals surface area contributed by atoms with Crippen LogP contribution in [-0.4, -0.2) is 52.0 Å². The average Bonchev–Trinajstić information content (AvgIpc) is 3.52. The SMILES string of the molecule is COc1ccc([C@H]2C3=CC[C@@H]4C(=O)N(c5ccc(C(=O)O)c(O)c5)C(=O)[C@@H]4[C@@H]3C[C@H]3C(=O)N(c4cccc(Cl)c4)C(=O)[C@@]23c2ccccc2)c(O)c1. The predicted octanol–water partition coefficient (Wildman–Crippen LogP) is 5.83. The van der Waals surface area contributed by atoms with E-state index in [1.165, 1.54) is 25.3 Å². The summed E-state index contributed by atoms with van der Waals surface area (Å²) in [5.41, 5.74) is -0.122. The van der Waals surface area contributed by atoms with Crippen molar-refractivity contribution in [3.05, 3.63) is 124 Å². The quantitative estimate of drug-likeness (QED) is 0.165. The summed E-state index contributed by atoms with van der Waals surface area (Å²) in [6.45, 7) is 0. The molecule has 4 aromatic carbocycles. The molecule has 0 aromatic heterocycles. The molecule has 0 radical (unpaired) electrons. The zero-order chi connectivity index (χ0) is 36.6. The van der Waals surface area contributed by atoms with E-state index in [4.69, 9.17) is 16.3 Å². The summed E-state index contributed by atoms with van der Waals surface area (Å²) < 4.78 is 5.38. The number of carbonyl (C=O) groups excluding carboxylic acids is 4. The van der Waals surface area contributed by atoms with E-state index < -0.39 is 70.4 Å². The third kappa shape index (κ3) is 4.61. The maximum Gasteiger partial charge on any atom is 0.339 e. The van der Waals surface area contributed by atoms with Crippen molar-refractivity contribution in [2.24, 2.45) is 23.7 Å². The van der Waals surface area contributed by atoms with Crippen LogP contribution >= 0.6 is 11.6 Å². The monoisotopic (exact) mass is 718 g/mol. The van der Waals surface area contributed by atoms with Crippen molar-refractivity contribution in [3.63, 3.8) is 0 Å². The number of allylic oxidation sites excluding steroid dienone is 2. The van der Waals surface area contributed by atoms with Crippen molar-refractivity contribution < 1.29 is 44.0 Å². The Morgan fingerprint density at radius 3 is 2.23 bits per heavy atom. The van der Waals surface area contributed by atoms with Gasteiger partial charge in [0.2, 0.25) is 23.6 Å². The third-order valence-electron chi connectivity index (χ3n) is 11.2. The van der Waals surface area contributed by atoms with E-state index in [-0.39, 0.29) is 35.5 Å². The van der Waals surface area contributed by atoms with Crippen LogP contribution in [0, 0.1) is 23.7 Å². The fourth-order valence-corrected chi connectivity index (χ4v) is 9.26. The lowest BCUT2D eigenvalue weighted by Crippen LogP contribution is -2.53. The molecule has 52 heavy (non-hydrogen) atoms. The second-order valence-electron chi connectivity index (χ2n) is 13.5. The second-order valence-corrected chi connectivity index (χ2v) is 14.0. The van der Waals surface area contributed by atoms with Crippen molar-refractivity contribution in [1.82, 2.24) is 0 Å². The molecule has 1 saturated carbocycles. The normalized spacial score (nSPS) is 26.5. The van der Waals surface area contributed by atoms with Crippen molar-refractivity contribution >= 4 is 52.6 Å². The van der Waals surface area contributed by atoms with E-state index >= 15 is 4.79 Å². The number of fused-ring (bicyclic) bond motifs is 4. The Kier molecular flexibility index (Phi) is 7.72. The molecule has 4 aliphatic rings. The van der Waals surface area contributed by atoms with Gasteiger partial charge in [-0.15, -0.1) is 0 Å². The van der Waals surface area contributed by atoms with Crippen LogP contribution in [0.4, 0.5) is 11.4 Å². The Morgan fingerprint density at radius 1 is 0.808 bits per heavy atom. The Hall–Kier alpha value is -5.94. The smallest absolute Gasteiger partial charge is 0.339 e. The number of rotatable bonds is 6. The highest BCUT2D eigenvalue weighted by Crippen LogP contribution is 2.65. The maximum atomic E-state index is 15.3. The molecule has 2 heterocycles. The Labute approximate surface area is 302 Å². The van der Waals surface area contributed by atoms with Crippen LogP contribution in [0.5, 0.6) is 17.2 Å². The molecular weight excluding hydrogens is 688 g/mol. The van der Waals surface area contributed by atoms with Gasteiger partial charge in [-0.2, -0.15) is 0 Å². The molecule has 2 saturated heterocycles. The van der Waals surface area contributed by atoms with Crippen LogP contribution in [-0.2, 0) is 24.6 Å². The number of amides is 4. The summed E-state index contributed by atoms with van der Waals surface area (Å²) in [6.07, 6.45) is 2.02. The number of methoxy groups -OCH3 is 1. The number of imide groups is 2. The fraction of sp³-hybridized carbons (Fsp3) is 0.225. The van der Waals surface area contributed by atoms with E-state index in [1.807, 2.05) is 6.08 Å². The lowest BCUT2D eigenvalue weighted by Gasteiger charge is -2.50. The fourth-order valence-electron chi connectivity index (χ4n) is 9.08. The van der Waals surface area contributed by atoms with Gasteiger partial charge in [0.1, 0.15) is 22.8 Å². The zero-order valence-corrected chi connectivity index (χ0v) is 28.4. The van der Waals surface area contributed by atoms with Gasteiger partial charge in [-0.05, 0) is 60.7 Å². The Bertz CT molecular complexity index is 2250. The summed E-state index contributed by atoms with van der Waals surface area (Å²) in [6, 6.07) is 23.7. The molecule has 4 aromatic rings. The summed E-state index contributed by atoms with van der Waals surface area (Å²) in [5.74, 6) is -8.36. The second kappa shape index (κ2) is 12.1. The van der Waals surface area contributed by atoms with Crippen LogP contribution < -0.4 is 14.5 Å². The van der Waals surface area contributed by atoms with Gasteiger partial charge < -0.3 is 20.1 Å². The maximum absolute atomic E-state index is 15.3. The average molecular weight is 719 g/mol. The van der Waals surface area contributed by atoms with Gasteiger partial charge in [0.15, 0.2) is 0 Å². The van der Waals surface area contributed by atoms with Crippen LogP contribution in [0.15, 0.2) is 103 Å². The lowest BCUT2D eigenvalue weighted by atomic mass is 9.49. The molecule has 0 unspecified atom stereocenters. The number of benzene rings is 4. The van der Waals surface area contributed by atoms with Gasteiger partial charge in [0.05, 0.1) is 41.7 Å². The van der Waals surface area contributed by atoms with Crippen LogP contribution in [0.25, 0.3) is 0 Å². The summed E-state index contributed by atoms with van der Waals surface area (Å²) in [5, 5.41) is 31.8. The van der Waals surface area contributed by atoms with Crippen LogP contribution in [0.2, 0.25) is 5.02 Å². The molecule has 2 aliphatic heterocycles. The zero-order valence-electron chi connectivity index (χ0n) is 27.6. The molecule has 4 amide bonds. The van der Waals surface area contributed by atoms with Crippen molar-refractivity contribution in [2.75, 3.05) is 16.9 Å². The molecule has 6 atom stereocenters. The number of aromatic hydroxyl groups is 2. The van der Waals surface area contributed by atoms with Crippen molar-refractivity contribution in [3.8, 4) is 17.2 Å². The van der Waals surface area contributed by atoms with Crippen molar-refractivity contribution in [1.29, 1.82) is 0 Å². The first kappa shape index (κ1) is 33.2. The molecule has 8 rings (SSSR count). The largest absolute Gasteiger partial charge is 0.508 e. The number of phenols is 2. The number of nitrogens with zero attached hydrogens (tertiary/aromatic N) is 2. The molecule has 2 aliphatic carbocycles. The number of carboxylic acids is 1. The van der Waals surface area contributed by atoms with Crippen molar-refractivity contribution in [2.45, 2.75) is 24.2 Å². The van der Waals surface area contributed by atoms with E-state index in [0.29, 0.717) is 27.5 Å². The van der Waals surface area contributed by atoms with E-state index in [2.05, 4.69) is 0 Å². The summed E-state index contributed by atoms with van der Waals surface area (Å²) >= 11 is 6.36. The van der Waals surface area contributed by atoms with E-state index in [1.54, 1.807) is 60.7 Å². The molecule has 3 fully saturated rings. The molecule has 0 bridgehead atoms. The first-order chi connectivity index (χ1) is 25.0. The minimum atomic E-state index is -1.58. The van der Waals surface area contributed by atoms with Crippen LogP contribution in [0.3, 0.4) is 0 Å². The topological polar surface area (TPSA) is 162 Å². The minimum Gasteiger partial charge on any atom is -0.508 e. The highest BCUT2D eigenvalue weighted by Gasteiger charge is 2.70. The number of hydrogen-bond donors (Lipinski definition) is 3. The minimum absolute atomic E-state index is 0.0199. The lowest BCUT2D eigenvalue weighted by molar-refractivity contribution is -0.127.